The van der Waals surface area contributed by atoms with E-state index in [-0.39, 0.29) is 12.5 Å². The molecule has 98 valence electrons. The third kappa shape index (κ3) is 4.37. The molecule has 0 aliphatic carbocycles. The van der Waals surface area contributed by atoms with Crippen molar-refractivity contribution < 1.29 is 14.3 Å². The van der Waals surface area contributed by atoms with E-state index in [0.29, 0.717) is 5.75 Å². The predicted molar refractivity (Wildman–Crippen MR) is 71.5 cm³/mol. The molecule has 1 aromatic carbocycles. The molecular weight excluding hydrogens is 300 g/mol. The van der Waals surface area contributed by atoms with Gasteiger partial charge in [0.15, 0.2) is 6.61 Å². The molecule has 1 rings (SSSR count). The fourth-order valence-corrected chi connectivity index (χ4v) is 1.80. The molecule has 3 N–H and O–H groups in total. The third-order valence-corrected chi connectivity index (χ3v) is 2.71. The number of amides is 3. The average molecular weight is 315 g/mol. The van der Waals surface area contributed by atoms with Gasteiger partial charge in [-0.2, -0.15) is 0 Å². The molecule has 0 aliphatic rings. The Morgan fingerprint density at radius 1 is 1.44 bits per heavy atom. The first-order valence-corrected chi connectivity index (χ1v) is 6.21. The molecule has 0 spiro atoms. The van der Waals surface area contributed by atoms with E-state index >= 15 is 0 Å². The van der Waals surface area contributed by atoms with Crippen molar-refractivity contribution >= 4 is 27.9 Å². The lowest BCUT2D eigenvalue weighted by Gasteiger charge is -2.14. The van der Waals surface area contributed by atoms with Gasteiger partial charge in [-0.25, -0.2) is 4.79 Å². The van der Waals surface area contributed by atoms with Crippen LogP contribution in [-0.2, 0) is 4.79 Å². The van der Waals surface area contributed by atoms with Crippen LogP contribution in [0.4, 0.5) is 4.79 Å². The highest BCUT2D eigenvalue weighted by Crippen LogP contribution is 2.29. The van der Waals surface area contributed by atoms with E-state index in [1.807, 2.05) is 31.3 Å². The van der Waals surface area contributed by atoms with Gasteiger partial charge in [-0.1, -0.05) is 29.8 Å². The summed E-state index contributed by atoms with van der Waals surface area (Å²) in [6.07, 6.45) is 0. The molecule has 0 aliphatic heterocycles. The smallest absolute Gasteiger partial charge is 0.318 e. The number of ether oxygens (including phenoxy) is 1. The zero-order chi connectivity index (χ0) is 13.7. The van der Waals surface area contributed by atoms with Crippen LogP contribution in [0.1, 0.15) is 25.3 Å². The summed E-state index contributed by atoms with van der Waals surface area (Å²) in [4.78, 5) is 21.7. The number of nitrogens with one attached hydrogen (secondary N) is 1. The maximum absolute atomic E-state index is 11.2. The molecular formula is C12H15BrN2O3. The minimum atomic E-state index is -0.886. The minimum Gasteiger partial charge on any atom is -0.483 e. The highest BCUT2D eigenvalue weighted by atomic mass is 79.9. The van der Waals surface area contributed by atoms with Crippen LogP contribution in [0, 0.1) is 0 Å². The van der Waals surface area contributed by atoms with Gasteiger partial charge >= 0.3 is 6.03 Å². The van der Waals surface area contributed by atoms with Crippen LogP contribution in [0.3, 0.4) is 0 Å². The van der Waals surface area contributed by atoms with Gasteiger partial charge in [-0.3, -0.25) is 10.1 Å². The summed E-state index contributed by atoms with van der Waals surface area (Å²) in [5, 5.41) is 1.94. The first kappa shape index (κ1) is 14.5. The Bertz CT molecular complexity index is 461. The zero-order valence-electron chi connectivity index (χ0n) is 10.2. The van der Waals surface area contributed by atoms with E-state index in [1.165, 1.54) is 0 Å². The summed E-state index contributed by atoms with van der Waals surface area (Å²) >= 11 is 3.38. The second-order valence-electron chi connectivity index (χ2n) is 4.04. The number of rotatable bonds is 4. The van der Waals surface area contributed by atoms with Crippen molar-refractivity contribution in [2.45, 2.75) is 19.8 Å². The number of imide groups is 1. The summed E-state index contributed by atoms with van der Waals surface area (Å²) < 4.78 is 6.32. The minimum absolute atomic E-state index is 0.246. The summed E-state index contributed by atoms with van der Waals surface area (Å²) in [5.74, 6) is 0.310. The Morgan fingerprint density at radius 3 is 2.67 bits per heavy atom. The molecule has 0 fully saturated rings. The lowest BCUT2D eigenvalue weighted by atomic mass is 10.0. The summed E-state index contributed by atoms with van der Waals surface area (Å²) in [5.41, 5.74) is 5.81. The molecule has 6 heteroatoms. The standard InChI is InChI=1S/C12H15BrN2O3/c1-7(2)9-5-8(13)3-4-10(9)18-6-11(16)15-12(14)17/h3-5,7H,6H2,1-2H3,(H3,14,15,16,17). The fourth-order valence-electron chi connectivity index (χ4n) is 1.42. The number of hydrogen-bond acceptors (Lipinski definition) is 3. The van der Waals surface area contributed by atoms with E-state index in [4.69, 9.17) is 10.5 Å². The van der Waals surface area contributed by atoms with Gasteiger partial charge in [0.05, 0.1) is 0 Å². The molecule has 1 aromatic rings. The van der Waals surface area contributed by atoms with Crippen molar-refractivity contribution in [1.29, 1.82) is 0 Å². The maximum atomic E-state index is 11.2. The molecule has 0 saturated heterocycles. The molecule has 0 heterocycles. The van der Waals surface area contributed by atoms with Crippen LogP contribution >= 0.6 is 15.9 Å². The summed E-state index contributed by atoms with van der Waals surface area (Å²) in [7, 11) is 0. The lowest BCUT2D eigenvalue weighted by Crippen LogP contribution is -2.38. The molecule has 0 atom stereocenters. The normalized spacial score (nSPS) is 10.2. The van der Waals surface area contributed by atoms with Gasteiger partial charge in [0.2, 0.25) is 0 Å². The predicted octanol–water partition coefficient (Wildman–Crippen LogP) is 2.15. The maximum Gasteiger partial charge on any atom is 0.318 e. The fraction of sp³-hybridized carbons (Fsp3) is 0.333. The van der Waals surface area contributed by atoms with Crippen molar-refractivity contribution in [3.63, 3.8) is 0 Å². The summed E-state index contributed by atoms with van der Waals surface area (Å²) in [6.45, 7) is 3.81. The van der Waals surface area contributed by atoms with Gasteiger partial charge in [0.1, 0.15) is 5.75 Å². The number of urea groups is 1. The molecule has 5 nitrogen and oxygen atoms in total. The Labute approximate surface area is 114 Å². The number of carbonyl (C=O) groups is 2. The highest BCUT2D eigenvalue weighted by Gasteiger charge is 2.11. The number of hydrogen-bond donors (Lipinski definition) is 2. The van der Waals surface area contributed by atoms with Gasteiger partial charge in [0, 0.05) is 4.47 Å². The van der Waals surface area contributed by atoms with E-state index in [2.05, 4.69) is 15.9 Å². The molecule has 0 saturated carbocycles. The van der Waals surface area contributed by atoms with Gasteiger partial charge < -0.3 is 10.5 Å². The van der Waals surface area contributed by atoms with Crippen molar-refractivity contribution in [1.82, 2.24) is 5.32 Å². The highest BCUT2D eigenvalue weighted by molar-refractivity contribution is 9.10. The van der Waals surface area contributed by atoms with Crippen molar-refractivity contribution in [2.24, 2.45) is 5.73 Å². The van der Waals surface area contributed by atoms with E-state index in [0.717, 1.165) is 10.0 Å². The van der Waals surface area contributed by atoms with Gasteiger partial charge in [0.25, 0.3) is 5.91 Å². The van der Waals surface area contributed by atoms with E-state index in [1.54, 1.807) is 6.07 Å². The van der Waals surface area contributed by atoms with Crippen molar-refractivity contribution in [2.75, 3.05) is 6.61 Å². The second-order valence-corrected chi connectivity index (χ2v) is 4.95. The second kappa shape index (κ2) is 6.39. The van der Waals surface area contributed by atoms with Crippen LogP contribution in [-0.4, -0.2) is 18.5 Å². The van der Waals surface area contributed by atoms with Crippen molar-refractivity contribution in [3.8, 4) is 5.75 Å². The van der Waals surface area contributed by atoms with Gasteiger partial charge in [-0.05, 0) is 29.7 Å². The Kier molecular flexibility index (Phi) is 5.15. The SMILES string of the molecule is CC(C)c1cc(Br)ccc1OCC(=O)NC(N)=O. The number of halogens is 1. The molecule has 3 amide bonds. The van der Waals surface area contributed by atoms with Crippen LogP contribution in [0.5, 0.6) is 5.75 Å². The van der Waals surface area contributed by atoms with Gasteiger partial charge in [-0.15, -0.1) is 0 Å². The Morgan fingerprint density at radius 2 is 2.11 bits per heavy atom. The number of benzene rings is 1. The number of primary amides is 1. The zero-order valence-corrected chi connectivity index (χ0v) is 11.8. The molecule has 0 bridgehead atoms. The topological polar surface area (TPSA) is 81.4 Å². The lowest BCUT2D eigenvalue weighted by molar-refractivity contribution is -0.121. The van der Waals surface area contributed by atoms with E-state index < -0.39 is 11.9 Å². The van der Waals surface area contributed by atoms with Crippen LogP contribution in [0.25, 0.3) is 0 Å². The molecule has 0 unspecified atom stereocenters. The summed E-state index contributed by atoms with van der Waals surface area (Å²) in [6, 6.07) is 4.65. The number of nitrogens with two attached hydrogens (primary N) is 1. The number of carbonyl (C=O) groups excluding carboxylic acids is 2. The molecule has 0 radical (unpaired) electrons. The van der Waals surface area contributed by atoms with Crippen LogP contribution in [0.2, 0.25) is 0 Å². The third-order valence-electron chi connectivity index (χ3n) is 2.22. The van der Waals surface area contributed by atoms with Crippen LogP contribution < -0.4 is 15.8 Å². The molecule has 18 heavy (non-hydrogen) atoms. The Hall–Kier alpha value is -1.56. The Balaban J connectivity index is 2.72. The largest absolute Gasteiger partial charge is 0.483 e. The quantitative estimate of drug-likeness (QED) is 0.893. The average Bonchev–Trinajstić information content (AvgIpc) is 2.26. The first-order chi connectivity index (χ1) is 8.40. The first-order valence-electron chi connectivity index (χ1n) is 5.41. The monoisotopic (exact) mass is 314 g/mol. The van der Waals surface area contributed by atoms with Crippen molar-refractivity contribution in [3.05, 3.63) is 28.2 Å². The van der Waals surface area contributed by atoms with Crippen LogP contribution in [0.15, 0.2) is 22.7 Å². The molecule has 0 aromatic heterocycles. The van der Waals surface area contributed by atoms with E-state index in [9.17, 15) is 9.59 Å².